The summed E-state index contributed by atoms with van der Waals surface area (Å²) >= 11 is 11.9. The molecule has 7 heteroatoms. The number of rotatable bonds is 5. The quantitative estimate of drug-likeness (QED) is 0.668. The lowest BCUT2D eigenvalue weighted by Crippen LogP contribution is -2.27. The second-order valence-electron chi connectivity index (χ2n) is 6.34. The fourth-order valence-electron chi connectivity index (χ4n) is 2.67. The molecule has 1 heterocycles. The molecule has 0 aliphatic carbocycles. The number of ether oxygens (including phenoxy) is 1. The number of nitrogens with zero attached hydrogens (tertiary/aromatic N) is 1. The Labute approximate surface area is 166 Å². The fourth-order valence-corrected chi connectivity index (χ4v) is 3.13. The molecule has 0 saturated carbocycles. The van der Waals surface area contributed by atoms with E-state index in [1.807, 2.05) is 19.9 Å². The zero-order chi connectivity index (χ0) is 19.6. The van der Waals surface area contributed by atoms with Crippen LogP contribution in [0.25, 0.3) is 10.8 Å². The van der Waals surface area contributed by atoms with E-state index in [0.29, 0.717) is 26.9 Å². The molecule has 2 aromatic carbocycles. The van der Waals surface area contributed by atoms with Gasteiger partial charge in [0.2, 0.25) is 5.91 Å². The van der Waals surface area contributed by atoms with Crippen molar-refractivity contribution in [3.05, 3.63) is 69.1 Å². The molecule has 0 radical (unpaired) electrons. The van der Waals surface area contributed by atoms with Crippen LogP contribution in [0.4, 0.5) is 5.69 Å². The summed E-state index contributed by atoms with van der Waals surface area (Å²) in [5.74, 6) is 0.338. The Bertz CT molecular complexity index is 1060. The summed E-state index contributed by atoms with van der Waals surface area (Å²) in [4.78, 5) is 25.0. The second-order valence-corrected chi connectivity index (χ2v) is 7.18. The number of nitrogens with one attached hydrogen (secondary N) is 1. The SMILES string of the molecule is CC(C)Oc1ccc2c(=O)n(CC(=O)Nc3ccc(Cl)cc3Cl)ccc2c1. The van der Waals surface area contributed by atoms with Crippen LogP contribution < -0.4 is 15.6 Å². The Balaban J connectivity index is 1.81. The Hall–Kier alpha value is -2.50. The topological polar surface area (TPSA) is 60.3 Å². The Morgan fingerprint density at radius 3 is 2.63 bits per heavy atom. The van der Waals surface area contributed by atoms with Crippen LogP contribution in [0.1, 0.15) is 13.8 Å². The van der Waals surface area contributed by atoms with Gasteiger partial charge in [0, 0.05) is 16.6 Å². The summed E-state index contributed by atoms with van der Waals surface area (Å²) in [5, 5.41) is 4.77. The van der Waals surface area contributed by atoms with Gasteiger partial charge in [-0.25, -0.2) is 0 Å². The Morgan fingerprint density at radius 2 is 1.93 bits per heavy atom. The summed E-state index contributed by atoms with van der Waals surface area (Å²) in [6.07, 6.45) is 1.64. The third kappa shape index (κ3) is 4.62. The van der Waals surface area contributed by atoms with Gasteiger partial charge >= 0.3 is 0 Å². The predicted molar refractivity (Wildman–Crippen MR) is 109 cm³/mol. The van der Waals surface area contributed by atoms with Crippen LogP contribution in [0.2, 0.25) is 10.0 Å². The van der Waals surface area contributed by atoms with Crippen molar-refractivity contribution in [3.63, 3.8) is 0 Å². The summed E-state index contributed by atoms with van der Waals surface area (Å²) in [6, 6.07) is 11.8. The molecule has 0 saturated heterocycles. The van der Waals surface area contributed by atoms with Crippen LogP contribution in [-0.4, -0.2) is 16.6 Å². The van der Waals surface area contributed by atoms with Crippen molar-refractivity contribution >= 4 is 45.6 Å². The number of fused-ring (bicyclic) bond motifs is 1. The molecule has 5 nitrogen and oxygen atoms in total. The first kappa shape index (κ1) is 19.3. The molecule has 0 fully saturated rings. The maximum atomic E-state index is 12.7. The third-order valence-electron chi connectivity index (χ3n) is 3.84. The first-order valence-electron chi connectivity index (χ1n) is 8.38. The molecule has 1 aromatic heterocycles. The van der Waals surface area contributed by atoms with Gasteiger partial charge < -0.3 is 14.6 Å². The highest BCUT2D eigenvalue weighted by Crippen LogP contribution is 2.25. The molecule has 140 valence electrons. The number of carbonyl (C=O) groups is 1. The van der Waals surface area contributed by atoms with Gasteiger partial charge in [-0.3, -0.25) is 9.59 Å². The first-order valence-corrected chi connectivity index (χ1v) is 9.14. The number of anilines is 1. The Kier molecular flexibility index (Phi) is 5.73. The van der Waals surface area contributed by atoms with Gasteiger partial charge in [0.1, 0.15) is 12.3 Å². The summed E-state index contributed by atoms with van der Waals surface area (Å²) < 4.78 is 7.00. The normalized spacial score (nSPS) is 11.0. The van der Waals surface area contributed by atoms with Crippen LogP contribution in [0.15, 0.2) is 53.5 Å². The number of hydrogen-bond acceptors (Lipinski definition) is 3. The summed E-state index contributed by atoms with van der Waals surface area (Å²) in [7, 11) is 0. The van der Waals surface area contributed by atoms with Gasteiger partial charge in [0.15, 0.2) is 0 Å². The van der Waals surface area contributed by atoms with E-state index in [0.717, 1.165) is 5.39 Å². The van der Waals surface area contributed by atoms with Crippen molar-refractivity contribution in [2.24, 2.45) is 0 Å². The van der Waals surface area contributed by atoms with E-state index in [9.17, 15) is 9.59 Å². The molecule has 27 heavy (non-hydrogen) atoms. The van der Waals surface area contributed by atoms with Crippen molar-refractivity contribution in [1.29, 1.82) is 0 Å². The molecule has 0 aliphatic heterocycles. The monoisotopic (exact) mass is 404 g/mol. The smallest absolute Gasteiger partial charge is 0.258 e. The van der Waals surface area contributed by atoms with E-state index >= 15 is 0 Å². The van der Waals surface area contributed by atoms with Crippen molar-refractivity contribution < 1.29 is 9.53 Å². The van der Waals surface area contributed by atoms with Crippen molar-refractivity contribution in [2.45, 2.75) is 26.5 Å². The number of pyridine rings is 1. The van der Waals surface area contributed by atoms with Gasteiger partial charge in [-0.1, -0.05) is 23.2 Å². The average Bonchev–Trinajstić information content (AvgIpc) is 2.59. The lowest BCUT2D eigenvalue weighted by Gasteiger charge is -2.12. The number of aromatic nitrogens is 1. The van der Waals surface area contributed by atoms with Crippen LogP contribution in [0.3, 0.4) is 0 Å². The van der Waals surface area contributed by atoms with E-state index < -0.39 is 0 Å². The van der Waals surface area contributed by atoms with Gasteiger partial charge in [-0.15, -0.1) is 0 Å². The number of halogens is 2. The summed E-state index contributed by atoms with van der Waals surface area (Å²) in [5.41, 5.74) is 0.191. The molecule has 3 rings (SSSR count). The fraction of sp³-hybridized carbons (Fsp3) is 0.200. The van der Waals surface area contributed by atoms with E-state index in [4.69, 9.17) is 27.9 Å². The largest absolute Gasteiger partial charge is 0.491 e. The van der Waals surface area contributed by atoms with E-state index in [1.165, 1.54) is 10.6 Å². The van der Waals surface area contributed by atoms with Crippen molar-refractivity contribution in [3.8, 4) is 5.75 Å². The molecule has 0 unspecified atom stereocenters. The number of benzene rings is 2. The first-order chi connectivity index (χ1) is 12.8. The van der Waals surface area contributed by atoms with Crippen molar-refractivity contribution in [2.75, 3.05) is 5.32 Å². The molecule has 0 aliphatic rings. The molecular formula is C20H18Cl2N2O3. The molecule has 1 amide bonds. The molecule has 0 bridgehead atoms. The highest BCUT2D eigenvalue weighted by atomic mass is 35.5. The molecule has 1 N–H and O–H groups in total. The number of carbonyl (C=O) groups excluding carboxylic acids is 1. The van der Waals surface area contributed by atoms with Gasteiger partial charge in [-0.05, 0) is 61.7 Å². The maximum Gasteiger partial charge on any atom is 0.258 e. The molecule has 0 spiro atoms. The lowest BCUT2D eigenvalue weighted by atomic mass is 10.1. The van der Waals surface area contributed by atoms with Gasteiger partial charge in [-0.2, -0.15) is 0 Å². The minimum absolute atomic E-state index is 0.0474. The zero-order valence-electron chi connectivity index (χ0n) is 14.8. The van der Waals surface area contributed by atoms with Crippen molar-refractivity contribution in [1.82, 2.24) is 4.57 Å². The second kappa shape index (κ2) is 8.03. The average molecular weight is 405 g/mol. The van der Waals surface area contributed by atoms with Crippen LogP contribution in [-0.2, 0) is 11.3 Å². The van der Waals surface area contributed by atoms with Gasteiger partial charge in [0.25, 0.3) is 5.56 Å². The Morgan fingerprint density at radius 1 is 1.15 bits per heavy atom. The lowest BCUT2D eigenvalue weighted by molar-refractivity contribution is -0.116. The highest BCUT2D eigenvalue weighted by molar-refractivity contribution is 6.36. The molecule has 0 atom stereocenters. The van der Waals surface area contributed by atoms with E-state index in [1.54, 1.807) is 36.5 Å². The molecular weight excluding hydrogens is 387 g/mol. The standard InChI is InChI=1S/C20H18Cl2N2O3/c1-12(2)27-15-4-5-16-13(9-15)7-8-24(20(16)26)11-19(25)23-18-6-3-14(21)10-17(18)22/h3-10,12H,11H2,1-2H3,(H,23,25). The van der Waals surface area contributed by atoms with Gasteiger partial charge in [0.05, 0.1) is 16.8 Å². The molecule has 3 aromatic rings. The predicted octanol–water partition coefficient (Wildman–Crippen LogP) is 4.73. The van der Waals surface area contributed by atoms with Crippen LogP contribution >= 0.6 is 23.2 Å². The number of amides is 1. The van der Waals surface area contributed by atoms with Crippen LogP contribution in [0.5, 0.6) is 5.75 Å². The zero-order valence-corrected chi connectivity index (χ0v) is 16.3. The maximum absolute atomic E-state index is 12.7. The number of hydrogen-bond donors (Lipinski definition) is 1. The summed E-state index contributed by atoms with van der Waals surface area (Å²) in [6.45, 7) is 3.75. The van der Waals surface area contributed by atoms with Crippen LogP contribution in [0, 0.1) is 0 Å². The highest BCUT2D eigenvalue weighted by Gasteiger charge is 2.10. The third-order valence-corrected chi connectivity index (χ3v) is 4.39. The van der Waals surface area contributed by atoms with E-state index in [-0.39, 0.29) is 24.1 Å². The minimum Gasteiger partial charge on any atom is -0.491 e. The van der Waals surface area contributed by atoms with E-state index in [2.05, 4.69) is 5.32 Å². The minimum atomic E-state index is -0.361.